The summed E-state index contributed by atoms with van der Waals surface area (Å²) < 4.78 is 8.17. The molecule has 114 valence electrons. The van der Waals surface area contributed by atoms with E-state index in [2.05, 4.69) is 50.2 Å². The first-order valence-electron chi connectivity index (χ1n) is 7.01. The van der Waals surface area contributed by atoms with Crippen LogP contribution in [0.25, 0.3) is 0 Å². The minimum Gasteiger partial charge on any atom is -0.481 e. The van der Waals surface area contributed by atoms with Gasteiger partial charge in [-0.25, -0.2) is 9.97 Å². The van der Waals surface area contributed by atoms with E-state index >= 15 is 0 Å². The Labute approximate surface area is 133 Å². The van der Waals surface area contributed by atoms with Crippen LogP contribution in [-0.2, 0) is 6.54 Å². The third-order valence-corrected chi connectivity index (χ3v) is 3.73. The maximum absolute atomic E-state index is 5.20. The number of methoxy groups -OCH3 is 1. The van der Waals surface area contributed by atoms with Crippen molar-refractivity contribution < 1.29 is 4.74 Å². The normalized spacial score (nSPS) is 12.4. The Hall–Kier alpha value is -1.47. The fourth-order valence-corrected chi connectivity index (χ4v) is 2.74. The van der Waals surface area contributed by atoms with Crippen molar-refractivity contribution >= 4 is 15.9 Å². The van der Waals surface area contributed by atoms with Crippen LogP contribution in [0.5, 0.6) is 5.88 Å². The van der Waals surface area contributed by atoms with E-state index in [-0.39, 0.29) is 6.04 Å². The highest BCUT2D eigenvalue weighted by Crippen LogP contribution is 2.28. The lowest BCUT2D eigenvalue weighted by Crippen LogP contribution is -2.26. The van der Waals surface area contributed by atoms with Gasteiger partial charge in [0.2, 0.25) is 5.88 Å². The molecule has 2 aromatic rings. The summed E-state index contributed by atoms with van der Waals surface area (Å²) in [6.45, 7) is 5.89. The summed E-state index contributed by atoms with van der Waals surface area (Å²) in [6, 6.07) is 1.79. The van der Waals surface area contributed by atoms with E-state index in [4.69, 9.17) is 4.74 Å². The maximum Gasteiger partial charge on any atom is 0.216 e. The molecule has 0 radical (unpaired) electrons. The van der Waals surface area contributed by atoms with Gasteiger partial charge in [-0.15, -0.1) is 0 Å². The lowest BCUT2D eigenvalue weighted by Gasteiger charge is -2.20. The van der Waals surface area contributed by atoms with E-state index in [9.17, 15) is 0 Å². The molecule has 0 aliphatic heterocycles. The lowest BCUT2D eigenvalue weighted by molar-refractivity contribution is 0.394. The van der Waals surface area contributed by atoms with Gasteiger partial charge in [0.15, 0.2) is 0 Å². The first-order chi connectivity index (χ1) is 10.2. The number of aromatic nitrogens is 4. The molecule has 0 aliphatic carbocycles. The number of ether oxygens (including phenoxy) is 1. The summed E-state index contributed by atoms with van der Waals surface area (Å²) >= 11 is 3.59. The highest BCUT2D eigenvalue weighted by atomic mass is 79.9. The van der Waals surface area contributed by atoms with Crippen LogP contribution < -0.4 is 10.1 Å². The summed E-state index contributed by atoms with van der Waals surface area (Å²) in [6.07, 6.45) is 4.37. The number of aryl methyl sites for hydroxylation is 1. The van der Waals surface area contributed by atoms with Gasteiger partial charge >= 0.3 is 0 Å². The van der Waals surface area contributed by atoms with Crippen molar-refractivity contribution in [3.63, 3.8) is 0 Å². The zero-order valence-corrected chi connectivity index (χ0v) is 14.1. The van der Waals surface area contributed by atoms with Crippen molar-refractivity contribution in [2.45, 2.75) is 32.9 Å². The van der Waals surface area contributed by atoms with Crippen LogP contribution in [0.1, 0.15) is 37.7 Å². The Bertz CT molecular complexity index is 586. The molecule has 0 fully saturated rings. The average Bonchev–Trinajstić information content (AvgIpc) is 2.86. The monoisotopic (exact) mass is 353 g/mol. The molecule has 0 amide bonds. The van der Waals surface area contributed by atoms with Crippen molar-refractivity contribution in [1.82, 2.24) is 25.1 Å². The molecule has 1 atom stereocenters. The zero-order valence-electron chi connectivity index (χ0n) is 12.5. The second kappa shape index (κ2) is 7.51. The van der Waals surface area contributed by atoms with Crippen LogP contribution >= 0.6 is 15.9 Å². The molecule has 0 saturated carbocycles. The molecular formula is C14H20BrN5O. The van der Waals surface area contributed by atoms with Gasteiger partial charge in [-0.05, 0) is 28.9 Å². The van der Waals surface area contributed by atoms with Crippen molar-refractivity contribution in [1.29, 1.82) is 0 Å². The molecule has 2 heterocycles. The van der Waals surface area contributed by atoms with Gasteiger partial charge in [-0.2, -0.15) is 5.10 Å². The topological polar surface area (TPSA) is 64.9 Å². The summed E-state index contributed by atoms with van der Waals surface area (Å²) in [5, 5.41) is 7.89. The fraction of sp³-hybridized carbons (Fsp3) is 0.500. The van der Waals surface area contributed by atoms with Gasteiger partial charge in [0.1, 0.15) is 6.33 Å². The number of hydrogen-bond acceptors (Lipinski definition) is 5. The van der Waals surface area contributed by atoms with Gasteiger partial charge in [0.25, 0.3) is 0 Å². The SMILES string of the molecule is CCCn1ncc(Br)c1C(NCC)c1cc(OC)ncn1. The Balaban J connectivity index is 2.45. The molecule has 0 saturated heterocycles. The predicted octanol–water partition coefficient (Wildman–Crippen LogP) is 2.55. The smallest absolute Gasteiger partial charge is 0.216 e. The Morgan fingerprint density at radius 1 is 1.38 bits per heavy atom. The number of rotatable bonds is 7. The van der Waals surface area contributed by atoms with Gasteiger partial charge in [-0.3, -0.25) is 4.68 Å². The zero-order chi connectivity index (χ0) is 15.2. The first kappa shape index (κ1) is 15.9. The Morgan fingerprint density at radius 3 is 2.86 bits per heavy atom. The second-order valence-corrected chi connectivity index (χ2v) is 5.43. The van der Waals surface area contributed by atoms with Crippen LogP contribution in [0.3, 0.4) is 0 Å². The van der Waals surface area contributed by atoms with Crippen LogP contribution in [0.4, 0.5) is 0 Å². The standard InChI is InChI=1S/C14H20BrN5O/c1-4-6-20-14(10(15)8-19-20)13(16-5-2)11-7-12(21-3)18-9-17-11/h7-9,13,16H,4-6H2,1-3H3. The maximum atomic E-state index is 5.20. The van der Waals surface area contributed by atoms with Crippen molar-refractivity contribution in [2.24, 2.45) is 0 Å². The van der Waals surface area contributed by atoms with Gasteiger partial charge in [0.05, 0.1) is 35.2 Å². The molecule has 0 spiro atoms. The van der Waals surface area contributed by atoms with E-state index in [1.54, 1.807) is 7.11 Å². The van der Waals surface area contributed by atoms with Crippen molar-refractivity contribution in [2.75, 3.05) is 13.7 Å². The van der Waals surface area contributed by atoms with Crippen LogP contribution in [0.2, 0.25) is 0 Å². The molecule has 1 N–H and O–H groups in total. The fourth-order valence-electron chi connectivity index (χ4n) is 2.22. The van der Waals surface area contributed by atoms with Gasteiger partial charge in [0, 0.05) is 12.6 Å². The van der Waals surface area contributed by atoms with Crippen molar-refractivity contribution in [3.05, 3.63) is 34.5 Å². The number of hydrogen-bond donors (Lipinski definition) is 1. The third-order valence-electron chi connectivity index (χ3n) is 3.12. The Morgan fingerprint density at radius 2 is 2.19 bits per heavy atom. The molecule has 0 bridgehead atoms. The minimum absolute atomic E-state index is 0.0599. The quantitative estimate of drug-likeness (QED) is 0.828. The molecular weight excluding hydrogens is 334 g/mol. The van der Waals surface area contributed by atoms with E-state index in [1.165, 1.54) is 6.33 Å². The van der Waals surface area contributed by atoms with Crippen LogP contribution in [-0.4, -0.2) is 33.4 Å². The first-order valence-corrected chi connectivity index (χ1v) is 7.81. The second-order valence-electron chi connectivity index (χ2n) is 4.58. The molecule has 0 aromatic carbocycles. The molecule has 1 unspecified atom stereocenters. The number of nitrogens with one attached hydrogen (secondary N) is 1. The van der Waals surface area contributed by atoms with Crippen LogP contribution in [0, 0.1) is 0 Å². The van der Waals surface area contributed by atoms with Crippen LogP contribution in [0.15, 0.2) is 23.1 Å². The Kier molecular flexibility index (Phi) is 5.69. The molecule has 7 heteroatoms. The third kappa shape index (κ3) is 3.59. The summed E-state index contributed by atoms with van der Waals surface area (Å²) in [5.74, 6) is 0.556. The van der Waals surface area contributed by atoms with E-state index in [1.807, 2.05) is 16.9 Å². The number of nitrogens with zero attached hydrogens (tertiary/aromatic N) is 4. The summed E-state index contributed by atoms with van der Waals surface area (Å²) in [5.41, 5.74) is 1.93. The average molecular weight is 354 g/mol. The van der Waals surface area contributed by atoms with E-state index in [0.29, 0.717) is 5.88 Å². The van der Waals surface area contributed by atoms with E-state index in [0.717, 1.165) is 35.4 Å². The van der Waals surface area contributed by atoms with Gasteiger partial charge in [-0.1, -0.05) is 13.8 Å². The molecule has 6 nitrogen and oxygen atoms in total. The highest BCUT2D eigenvalue weighted by molar-refractivity contribution is 9.10. The predicted molar refractivity (Wildman–Crippen MR) is 84.3 cm³/mol. The van der Waals surface area contributed by atoms with Gasteiger partial charge < -0.3 is 10.1 Å². The molecule has 2 rings (SSSR count). The van der Waals surface area contributed by atoms with E-state index < -0.39 is 0 Å². The minimum atomic E-state index is -0.0599. The molecule has 0 aliphatic rings. The highest BCUT2D eigenvalue weighted by Gasteiger charge is 2.22. The van der Waals surface area contributed by atoms with Crippen molar-refractivity contribution in [3.8, 4) is 5.88 Å². The summed E-state index contributed by atoms with van der Waals surface area (Å²) in [4.78, 5) is 8.46. The summed E-state index contributed by atoms with van der Waals surface area (Å²) in [7, 11) is 1.60. The largest absolute Gasteiger partial charge is 0.481 e. The molecule has 21 heavy (non-hydrogen) atoms. The number of halogens is 1. The molecule has 2 aromatic heterocycles. The lowest BCUT2D eigenvalue weighted by atomic mass is 10.1.